The molecule has 82 valence electrons. The summed E-state index contributed by atoms with van der Waals surface area (Å²) in [5.41, 5.74) is 0.921. The normalized spacial score (nSPS) is 21.4. The van der Waals surface area contributed by atoms with Crippen molar-refractivity contribution in [2.75, 3.05) is 13.2 Å². The highest BCUT2D eigenvalue weighted by atomic mass is 35.5. The van der Waals surface area contributed by atoms with Crippen molar-refractivity contribution in [1.82, 2.24) is 0 Å². The van der Waals surface area contributed by atoms with Gasteiger partial charge in [-0.05, 0) is 25.1 Å². The van der Waals surface area contributed by atoms with Crippen LogP contribution in [0.5, 0.6) is 0 Å². The number of epoxide rings is 1. The molecule has 0 aliphatic carbocycles. The van der Waals surface area contributed by atoms with Crippen LogP contribution in [0.2, 0.25) is 10.0 Å². The van der Waals surface area contributed by atoms with E-state index in [1.54, 1.807) is 12.1 Å². The highest BCUT2D eigenvalue weighted by Crippen LogP contribution is 2.28. The van der Waals surface area contributed by atoms with Gasteiger partial charge >= 0.3 is 0 Å². The maximum Gasteiger partial charge on any atom is 0.104 e. The zero-order chi connectivity index (χ0) is 10.8. The van der Waals surface area contributed by atoms with Crippen LogP contribution in [-0.4, -0.2) is 19.3 Å². The standard InChI is InChI=1S/C11H12Cl2O2/c1-7(14-5-9-6-15-9)10-4-8(12)2-3-11(10)13/h2-4,7,9H,5-6H2,1H3/t7-,9-/m1/s1. The summed E-state index contributed by atoms with van der Waals surface area (Å²) in [6.07, 6.45) is 0.214. The van der Waals surface area contributed by atoms with Crippen molar-refractivity contribution < 1.29 is 9.47 Å². The van der Waals surface area contributed by atoms with Gasteiger partial charge in [-0.3, -0.25) is 0 Å². The Bertz CT molecular complexity index is 350. The minimum absolute atomic E-state index is 0.0552. The first-order valence-electron chi connectivity index (χ1n) is 4.85. The van der Waals surface area contributed by atoms with E-state index in [0.717, 1.165) is 12.2 Å². The van der Waals surface area contributed by atoms with E-state index in [1.165, 1.54) is 0 Å². The van der Waals surface area contributed by atoms with Crippen molar-refractivity contribution in [2.24, 2.45) is 0 Å². The molecule has 1 heterocycles. The predicted octanol–water partition coefficient (Wildman–Crippen LogP) is 3.47. The molecule has 1 saturated heterocycles. The molecule has 1 aromatic carbocycles. The summed E-state index contributed by atoms with van der Waals surface area (Å²) in [5.74, 6) is 0. The molecule has 15 heavy (non-hydrogen) atoms. The van der Waals surface area contributed by atoms with Crippen LogP contribution in [0, 0.1) is 0 Å². The smallest absolute Gasteiger partial charge is 0.104 e. The van der Waals surface area contributed by atoms with Gasteiger partial charge in [0.1, 0.15) is 6.10 Å². The van der Waals surface area contributed by atoms with Crippen LogP contribution in [0.15, 0.2) is 18.2 Å². The van der Waals surface area contributed by atoms with Crippen LogP contribution in [0.4, 0.5) is 0 Å². The molecule has 0 radical (unpaired) electrons. The number of benzene rings is 1. The van der Waals surface area contributed by atoms with E-state index in [4.69, 9.17) is 32.7 Å². The molecule has 1 aromatic rings. The molecule has 4 heteroatoms. The van der Waals surface area contributed by atoms with Crippen LogP contribution in [-0.2, 0) is 9.47 Å². The summed E-state index contributed by atoms with van der Waals surface area (Å²) >= 11 is 11.9. The number of halogens is 2. The lowest BCUT2D eigenvalue weighted by molar-refractivity contribution is 0.0540. The monoisotopic (exact) mass is 246 g/mol. The van der Waals surface area contributed by atoms with E-state index in [2.05, 4.69) is 0 Å². The first kappa shape index (κ1) is 11.2. The molecule has 1 aliphatic rings. The third-order valence-corrected chi connectivity index (χ3v) is 2.91. The lowest BCUT2D eigenvalue weighted by Crippen LogP contribution is -2.06. The van der Waals surface area contributed by atoms with Gasteiger partial charge in [0.25, 0.3) is 0 Å². The average molecular weight is 247 g/mol. The molecule has 2 atom stereocenters. The molecule has 0 spiro atoms. The minimum Gasteiger partial charge on any atom is -0.371 e. The zero-order valence-electron chi connectivity index (χ0n) is 8.37. The van der Waals surface area contributed by atoms with Gasteiger partial charge < -0.3 is 9.47 Å². The van der Waals surface area contributed by atoms with Gasteiger partial charge in [-0.2, -0.15) is 0 Å². The number of hydrogen-bond donors (Lipinski definition) is 0. The van der Waals surface area contributed by atoms with E-state index >= 15 is 0 Å². The third kappa shape index (κ3) is 3.08. The molecule has 2 nitrogen and oxygen atoms in total. The number of ether oxygens (including phenoxy) is 2. The van der Waals surface area contributed by atoms with Gasteiger partial charge in [-0.25, -0.2) is 0 Å². The summed E-state index contributed by atoms with van der Waals surface area (Å²) in [6.45, 7) is 3.37. The Kier molecular flexibility index (Phi) is 3.52. The molecule has 0 bridgehead atoms. The second-order valence-electron chi connectivity index (χ2n) is 3.60. The van der Waals surface area contributed by atoms with E-state index in [-0.39, 0.29) is 12.2 Å². The highest BCUT2D eigenvalue weighted by Gasteiger charge is 2.24. The lowest BCUT2D eigenvalue weighted by Gasteiger charge is -2.14. The molecule has 0 saturated carbocycles. The quantitative estimate of drug-likeness (QED) is 0.760. The summed E-state index contributed by atoms with van der Waals surface area (Å²) < 4.78 is 10.7. The fourth-order valence-corrected chi connectivity index (χ4v) is 1.78. The van der Waals surface area contributed by atoms with Gasteiger partial charge in [0, 0.05) is 15.6 Å². The average Bonchev–Trinajstić information content (AvgIpc) is 3.02. The van der Waals surface area contributed by atoms with E-state index in [9.17, 15) is 0 Å². The van der Waals surface area contributed by atoms with Crippen LogP contribution in [0.3, 0.4) is 0 Å². The summed E-state index contributed by atoms with van der Waals surface area (Å²) in [7, 11) is 0. The van der Waals surface area contributed by atoms with Gasteiger partial charge in [0.05, 0.1) is 19.3 Å². The van der Waals surface area contributed by atoms with Crippen molar-refractivity contribution >= 4 is 23.2 Å². The number of hydrogen-bond acceptors (Lipinski definition) is 2. The zero-order valence-corrected chi connectivity index (χ0v) is 9.89. The second-order valence-corrected chi connectivity index (χ2v) is 4.44. The maximum atomic E-state index is 6.05. The molecule has 1 fully saturated rings. The Labute approximate surface area is 99.1 Å². The van der Waals surface area contributed by atoms with E-state index < -0.39 is 0 Å². The third-order valence-electron chi connectivity index (χ3n) is 2.33. The van der Waals surface area contributed by atoms with Gasteiger partial charge in [0.15, 0.2) is 0 Å². The second kappa shape index (κ2) is 4.71. The van der Waals surface area contributed by atoms with Crippen LogP contribution in [0.1, 0.15) is 18.6 Å². The molecule has 0 N–H and O–H groups in total. The topological polar surface area (TPSA) is 21.8 Å². The van der Waals surface area contributed by atoms with Gasteiger partial charge in [0.2, 0.25) is 0 Å². The predicted molar refractivity (Wildman–Crippen MR) is 60.6 cm³/mol. The van der Waals surface area contributed by atoms with Crippen molar-refractivity contribution in [3.63, 3.8) is 0 Å². The maximum absolute atomic E-state index is 6.05. The van der Waals surface area contributed by atoms with Crippen molar-refractivity contribution in [1.29, 1.82) is 0 Å². The van der Waals surface area contributed by atoms with Crippen LogP contribution >= 0.6 is 23.2 Å². The van der Waals surface area contributed by atoms with Crippen molar-refractivity contribution in [2.45, 2.75) is 19.1 Å². The molecule has 0 unspecified atom stereocenters. The molecule has 1 aliphatic heterocycles. The molecule has 0 amide bonds. The van der Waals surface area contributed by atoms with Crippen molar-refractivity contribution in [3.05, 3.63) is 33.8 Å². The largest absolute Gasteiger partial charge is 0.371 e. The van der Waals surface area contributed by atoms with Crippen LogP contribution < -0.4 is 0 Å². The number of rotatable bonds is 4. The lowest BCUT2D eigenvalue weighted by atomic mass is 10.1. The summed E-state index contributed by atoms with van der Waals surface area (Å²) in [6, 6.07) is 5.39. The Morgan fingerprint density at radius 1 is 1.53 bits per heavy atom. The molecule has 2 rings (SSSR count). The van der Waals surface area contributed by atoms with E-state index in [0.29, 0.717) is 16.7 Å². The molecule has 0 aromatic heterocycles. The summed E-state index contributed by atoms with van der Waals surface area (Å²) in [4.78, 5) is 0. The SMILES string of the molecule is C[C@@H](OC[C@@H]1CO1)c1cc(Cl)ccc1Cl. The Balaban J connectivity index is 2.02. The van der Waals surface area contributed by atoms with Gasteiger partial charge in [-0.1, -0.05) is 23.2 Å². The fourth-order valence-electron chi connectivity index (χ4n) is 1.33. The Morgan fingerprint density at radius 2 is 2.27 bits per heavy atom. The Morgan fingerprint density at radius 3 is 2.93 bits per heavy atom. The fraction of sp³-hybridized carbons (Fsp3) is 0.455. The Hall–Kier alpha value is -0.280. The molecular formula is C11H12Cl2O2. The van der Waals surface area contributed by atoms with Crippen LogP contribution in [0.25, 0.3) is 0 Å². The first-order valence-corrected chi connectivity index (χ1v) is 5.60. The highest BCUT2D eigenvalue weighted by molar-refractivity contribution is 6.33. The van der Waals surface area contributed by atoms with Gasteiger partial charge in [-0.15, -0.1) is 0 Å². The van der Waals surface area contributed by atoms with Crippen molar-refractivity contribution in [3.8, 4) is 0 Å². The first-order chi connectivity index (χ1) is 7.16. The molecular weight excluding hydrogens is 235 g/mol. The minimum atomic E-state index is -0.0552. The summed E-state index contributed by atoms with van der Waals surface area (Å²) in [5, 5.41) is 1.36. The van der Waals surface area contributed by atoms with E-state index in [1.807, 2.05) is 13.0 Å².